The summed E-state index contributed by atoms with van der Waals surface area (Å²) in [6.07, 6.45) is 5.40. The van der Waals surface area contributed by atoms with Crippen molar-refractivity contribution in [3.8, 4) is 22.4 Å². The summed E-state index contributed by atoms with van der Waals surface area (Å²) in [5.41, 5.74) is 5.44. The van der Waals surface area contributed by atoms with Gasteiger partial charge >= 0.3 is 0 Å². The van der Waals surface area contributed by atoms with Crippen molar-refractivity contribution in [3.63, 3.8) is 0 Å². The Bertz CT molecular complexity index is 1730. The second kappa shape index (κ2) is 10.4. The van der Waals surface area contributed by atoms with E-state index in [1.807, 2.05) is 25.1 Å². The topological polar surface area (TPSA) is 29.9 Å². The number of aryl methyl sites for hydroxylation is 5. The second-order valence-corrected chi connectivity index (χ2v) is 15.0. The quantitative estimate of drug-likeness (QED) is 0.184. The number of hydrogen-bond acceptors (Lipinski definition) is 2. The van der Waals surface area contributed by atoms with Crippen molar-refractivity contribution in [2.75, 3.05) is 0 Å². The molecule has 1 saturated carbocycles. The van der Waals surface area contributed by atoms with Gasteiger partial charge in [0, 0.05) is 36.4 Å². The lowest BCUT2D eigenvalue weighted by Gasteiger charge is -2.34. The van der Waals surface area contributed by atoms with Gasteiger partial charge in [-0.05, 0) is 91.5 Å². The van der Waals surface area contributed by atoms with Crippen LogP contribution in [-0.4, -0.2) is 13.8 Å². The van der Waals surface area contributed by atoms with E-state index in [1.165, 1.54) is 0 Å². The second-order valence-electron chi connectivity index (χ2n) is 12.0. The summed E-state index contributed by atoms with van der Waals surface area (Å²) in [5.74, 6) is -0.204. The van der Waals surface area contributed by atoms with E-state index < -0.39 is 28.4 Å². The predicted octanol–water partition coefficient (Wildman–Crippen LogP) is 8.89. The van der Waals surface area contributed by atoms with E-state index in [9.17, 15) is 1.37 Å². The first-order chi connectivity index (χ1) is 20.8. The lowest BCUT2D eigenvalue weighted by molar-refractivity contribution is -0.660. The fourth-order valence-electron chi connectivity index (χ4n) is 5.56. The first kappa shape index (κ1) is 19.4. The van der Waals surface area contributed by atoms with Crippen molar-refractivity contribution in [2.24, 2.45) is 12.5 Å². The molecule has 0 atom stereocenters. The molecule has 0 saturated heterocycles. The molecule has 2 aromatic carbocycles. The minimum absolute atomic E-state index is 0.0652. The third-order valence-corrected chi connectivity index (χ3v) is 9.35. The lowest BCUT2D eigenvalue weighted by Crippen LogP contribution is -2.31. The van der Waals surface area contributed by atoms with Crippen molar-refractivity contribution in [1.29, 1.82) is 0 Å². The number of fused-ring (bicyclic) bond motifs is 1. The van der Waals surface area contributed by atoms with Crippen LogP contribution in [0.2, 0.25) is 19.1 Å². The van der Waals surface area contributed by atoms with Gasteiger partial charge in [0.15, 0.2) is 17.7 Å². The fourth-order valence-corrected chi connectivity index (χ4v) is 6.27. The summed E-state index contributed by atoms with van der Waals surface area (Å²) >= 11 is 0. The molecule has 0 N–H and O–H groups in total. The molecule has 4 aromatic rings. The Balaban J connectivity index is 1.72. The van der Waals surface area contributed by atoms with Crippen LogP contribution in [0, 0.1) is 26.0 Å². The molecule has 3 nitrogen and oxygen atoms in total. The maximum Gasteiger partial charge on any atom is 0.217 e. The maximum atomic E-state index is 9.29. The van der Waals surface area contributed by atoms with Crippen molar-refractivity contribution in [2.45, 2.75) is 91.6 Å². The summed E-state index contributed by atoms with van der Waals surface area (Å²) in [6, 6.07) is 11.9. The molecule has 0 amide bonds. The molecule has 0 aliphatic heterocycles. The standard InChI is InChI=1S/C34H44N2OSi/c1-22-9-12-29-33(37-31(35-29)15-18-38(7)8)32(22)30-20-28(24(3)21-36(30)6)27-11-10-26(19-23(27)2)25-13-16-34(4,5)17-14-25/h9-12,19-21,25H,13-18H2,1-8H3/q+1/i2D3,3D3,25D. The lowest BCUT2D eigenvalue weighted by atomic mass is 9.71. The van der Waals surface area contributed by atoms with Gasteiger partial charge < -0.3 is 4.42 Å². The Morgan fingerprint density at radius 2 is 1.82 bits per heavy atom. The van der Waals surface area contributed by atoms with Gasteiger partial charge in [0.25, 0.3) is 0 Å². The Kier molecular flexibility index (Phi) is 5.32. The van der Waals surface area contributed by atoms with Crippen molar-refractivity contribution in [3.05, 3.63) is 70.7 Å². The average Bonchev–Trinajstić information content (AvgIpc) is 3.36. The van der Waals surface area contributed by atoms with Gasteiger partial charge in [0.05, 0.1) is 5.56 Å². The molecule has 2 heterocycles. The minimum atomic E-state index is -2.52. The Morgan fingerprint density at radius 3 is 2.53 bits per heavy atom. The summed E-state index contributed by atoms with van der Waals surface area (Å²) in [4.78, 5) is 4.75. The van der Waals surface area contributed by atoms with E-state index in [2.05, 4.69) is 26.9 Å². The zero-order valence-electron chi connectivity index (χ0n) is 30.6. The van der Waals surface area contributed by atoms with Crippen LogP contribution >= 0.6 is 0 Å². The number of hydrogen-bond donors (Lipinski definition) is 0. The molecular weight excluding hydrogens is 480 g/mol. The molecule has 38 heavy (non-hydrogen) atoms. The zero-order valence-corrected chi connectivity index (χ0v) is 24.6. The molecule has 5 rings (SSSR count). The maximum absolute atomic E-state index is 9.29. The van der Waals surface area contributed by atoms with E-state index in [1.54, 1.807) is 36.0 Å². The van der Waals surface area contributed by atoms with Crippen molar-refractivity contribution < 1.29 is 18.6 Å². The number of nitrogens with zero attached hydrogens (tertiary/aromatic N) is 2. The van der Waals surface area contributed by atoms with E-state index >= 15 is 0 Å². The van der Waals surface area contributed by atoms with Gasteiger partial charge in [0.1, 0.15) is 12.6 Å². The van der Waals surface area contributed by atoms with Crippen LogP contribution in [0.3, 0.4) is 0 Å². The number of rotatable bonds is 6. The highest BCUT2D eigenvalue weighted by Gasteiger charge is 2.28. The van der Waals surface area contributed by atoms with Gasteiger partial charge in [0.2, 0.25) is 5.69 Å². The van der Waals surface area contributed by atoms with Gasteiger partial charge in [-0.25, -0.2) is 9.55 Å². The van der Waals surface area contributed by atoms with Crippen LogP contribution in [0.15, 0.2) is 47.0 Å². The summed E-state index contributed by atoms with van der Waals surface area (Å²) in [7, 11) is 1.35. The van der Waals surface area contributed by atoms with Gasteiger partial charge in [-0.15, -0.1) is 0 Å². The highest BCUT2D eigenvalue weighted by atomic mass is 28.3. The summed E-state index contributed by atoms with van der Waals surface area (Å²) in [5, 5.41) is 0. The van der Waals surface area contributed by atoms with Crippen molar-refractivity contribution >= 4 is 19.9 Å². The average molecular weight is 532 g/mol. The van der Waals surface area contributed by atoms with E-state index in [4.69, 9.17) is 17.6 Å². The third kappa shape index (κ3) is 5.38. The zero-order chi connectivity index (χ0) is 33.1. The molecule has 1 aliphatic rings. The summed E-state index contributed by atoms with van der Waals surface area (Å²) in [6.45, 7) is 5.90. The van der Waals surface area contributed by atoms with Gasteiger partial charge in [-0.2, -0.15) is 0 Å². The molecule has 1 aliphatic carbocycles. The molecule has 199 valence electrons. The SMILES string of the molecule is [2H]C([2H])([2H])c1cc(C2([2H])CCC(C)(C)CC2)ccc1-c1cc(-c2c(C)ccc3nc(CC[Si](C)C)oc23)[n+](C)cc1C([2H])([2H])[2H]. The van der Waals surface area contributed by atoms with E-state index in [-0.39, 0.29) is 16.5 Å². The molecule has 0 unspecified atom stereocenters. The highest BCUT2D eigenvalue weighted by molar-refractivity contribution is 6.55. The normalized spacial score (nSPS) is 20.2. The molecule has 0 bridgehead atoms. The first-order valence-electron chi connectivity index (χ1n) is 17.2. The third-order valence-electron chi connectivity index (χ3n) is 8.10. The Hall–Kier alpha value is -2.72. The Labute approximate surface area is 240 Å². The van der Waals surface area contributed by atoms with Crippen LogP contribution in [-0.2, 0) is 13.5 Å². The number of aromatic nitrogens is 2. The fraction of sp³-hybridized carbons (Fsp3) is 0.471. The number of pyridine rings is 1. The van der Waals surface area contributed by atoms with Crippen molar-refractivity contribution in [1.82, 2.24) is 4.98 Å². The van der Waals surface area contributed by atoms with Crippen LogP contribution in [0.5, 0.6) is 0 Å². The smallest absolute Gasteiger partial charge is 0.217 e. The molecule has 4 heteroatoms. The monoisotopic (exact) mass is 531 g/mol. The summed E-state index contributed by atoms with van der Waals surface area (Å²) < 4.78 is 68.2. The molecule has 1 fully saturated rings. The van der Waals surface area contributed by atoms with Crippen LogP contribution < -0.4 is 4.57 Å². The predicted molar refractivity (Wildman–Crippen MR) is 161 cm³/mol. The molecule has 0 spiro atoms. The van der Waals surface area contributed by atoms with Gasteiger partial charge in [-0.3, -0.25) is 0 Å². The van der Waals surface area contributed by atoms with E-state index in [0.29, 0.717) is 46.7 Å². The highest BCUT2D eigenvalue weighted by Crippen LogP contribution is 2.43. The Morgan fingerprint density at radius 1 is 1.05 bits per heavy atom. The minimum Gasteiger partial charge on any atom is -0.440 e. The first-order valence-corrected chi connectivity index (χ1v) is 16.4. The molecule has 2 aromatic heterocycles. The van der Waals surface area contributed by atoms with Gasteiger partial charge in [-0.1, -0.05) is 57.3 Å². The molecule has 1 radical (unpaired) electrons. The van der Waals surface area contributed by atoms with Crippen LogP contribution in [0.1, 0.15) is 83.2 Å². The van der Waals surface area contributed by atoms with Crippen LogP contribution in [0.4, 0.5) is 0 Å². The number of benzene rings is 2. The molecular formula is C34H44N2OSi+. The number of oxazole rings is 1. The van der Waals surface area contributed by atoms with Crippen LogP contribution in [0.25, 0.3) is 33.5 Å². The largest absolute Gasteiger partial charge is 0.440 e. The van der Waals surface area contributed by atoms with E-state index in [0.717, 1.165) is 42.0 Å².